The van der Waals surface area contributed by atoms with Gasteiger partial charge in [0.1, 0.15) is 17.5 Å². The highest BCUT2D eigenvalue weighted by atomic mass is 35.5. The van der Waals surface area contributed by atoms with Crippen molar-refractivity contribution >= 4 is 34.6 Å². The van der Waals surface area contributed by atoms with Gasteiger partial charge in [0.25, 0.3) is 0 Å². The van der Waals surface area contributed by atoms with Gasteiger partial charge in [-0.15, -0.1) is 0 Å². The first kappa shape index (κ1) is 17.8. The molecule has 0 bridgehead atoms. The molecule has 3 rings (SSSR count). The number of likely N-dealkylation sites (N-methyl/N-ethyl adjacent to an activating group) is 1. The maximum atomic E-state index is 14.4. The minimum absolute atomic E-state index is 0.0193. The fraction of sp³-hybridized carbons (Fsp3) is 0.188. The van der Waals surface area contributed by atoms with E-state index in [4.69, 9.17) is 23.2 Å². The number of hydrogen-bond acceptors (Lipinski definition) is 3. The first-order chi connectivity index (χ1) is 11.8. The molecule has 4 nitrogen and oxygen atoms in total. The van der Waals surface area contributed by atoms with Gasteiger partial charge in [-0.3, -0.25) is 0 Å². The van der Waals surface area contributed by atoms with E-state index < -0.39 is 29.2 Å². The van der Waals surface area contributed by atoms with Crippen molar-refractivity contribution in [1.82, 2.24) is 14.7 Å². The molecule has 1 aromatic heterocycles. The summed E-state index contributed by atoms with van der Waals surface area (Å²) in [5, 5.41) is 14.6. The molecule has 2 heterocycles. The normalized spacial score (nSPS) is 18.0. The molecule has 0 saturated carbocycles. The summed E-state index contributed by atoms with van der Waals surface area (Å²) >= 11 is 11.9. The number of aromatic nitrogens is 2. The molecule has 1 aromatic carbocycles. The average molecular weight is 390 g/mol. The molecule has 1 N–H and O–H groups in total. The summed E-state index contributed by atoms with van der Waals surface area (Å²) in [6.07, 6.45) is 2.79. The summed E-state index contributed by atoms with van der Waals surface area (Å²) in [6, 6.07) is 1.14. The Morgan fingerprint density at radius 3 is 2.36 bits per heavy atom. The van der Waals surface area contributed by atoms with E-state index >= 15 is 0 Å². The summed E-state index contributed by atoms with van der Waals surface area (Å²) in [4.78, 5) is 1.28. The van der Waals surface area contributed by atoms with Gasteiger partial charge in [0.05, 0.1) is 33.2 Å². The minimum atomic E-state index is -1.31. The van der Waals surface area contributed by atoms with Gasteiger partial charge in [-0.05, 0) is 13.0 Å². The highest BCUT2D eigenvalue weighted by Gasteiger charge is 2.32. The second kappa shape index (κ2) is 6.74. The van der Waals surface area contributed by atoms with Crippen molar-refractivity contribution in [2.45, 2.75) is 13.2 Å². The molecular weight excluding hydrogens is 378 g/mol. The first-order valence-corrected chi connectivity index (χ1v) is 8.00. The van der Waals surface area contributed by atoms with E-state index in [-0.39, 0.29) is 23.0 Å². The molecular formula is C16H12Cl2F3N3O. The van der Waals surface area contributed by atoms with Crippen LogP contribution in [0.2, 0.25) is 5.02 Å². The van der Waals surface area contributed by atoms with Gasteiger partial charge in [-0.1, -0.05) is 23.2 Å². The van der Waals surface area contributed by atoms with E-state index in [2.05, 4.69) is 5.10 Å². The van der Waals surface area contributed by atoms with Crippen LogP contribution in [-0.2, 0) is 0 Å². The van der Waals surface area contributed by atoms with Crippen LogP contribution in [0.3, 0.4) is 0 Å². The smallest absolute Gasteiger partial charge is 0.164 e. The van der Waals surface area contributed by atoms with E-state index in [9.17, 15) is 18.3 Å². The van der Waals surface area contributed by atoms with Crippen LogP contribution in [0.5, 0.6) is 0 Å². The Balaban J connectivity index is 2.35. The fourth-order valence-corrected chi connectivity index (χ4v) is 3.03. The highest BCUT2D eigenvalue weighted by molar-refractivity contribution is 6.31. The highest BCUT2D eigenvalue weighted by Crippen LogP contribution is 2.38. The van der Waals surface area contributed by atoms with Crippen LogP contribution in [-0.4, -0.2) is 32.6 Å². The second-order valence-corrected chi connectivity index (χ2v) is 6.14. The summed E-state index contributed by atoms with van der Waals surface area (Å²) < 4.78 is 43.3. The molecule has 9 heteroatoms. The molecule has 132 valence electrons. The standard InChI is InChI=1S/C16H12Cl2F3N3O/c1-2-23-15(14-11(20)3-9(19)4-12(14)21)13(5-10(18)16(23)25)24-7-8(17)6-22-24/h3-7,16,25H,2H2,1H3. The predicted octanol–water partition coefficient (Wildman–Crippen LogP) is 4.06. The Labute approximate surface area is 151 Å². The third-order valence-electron chi connectivity index (χ3n) is 3.73. The predicted molar refractivity (Wildman–Crippen MR) is 89.0 cm³/mol. The topological polar surface area (TPSA) is 41.3 Å². The lowest BCUT2D eigenvalue weighted by Crippen LogP contribution is -2.38. The van der Waals surface area contributed by atoms with Gasteiger partial charge < -0.3 is 10.0 Å². The number of allylic oxidation sites excluding steroid dienone is 2. The third-order valence-corrected chi connectivity index (χ3v) is 4.23. The first-order valence-electron chi connectivity index (χ1n) is 7.25. The van der Waals surface area contributed by atoms with Gasteiger partial charge in [0.15, 0.2) is 6.23 Å². The van der Waals surface area contributed by atoms with E-state index in [0.717, 1.165) is 0 Å². The molecule has 2 aromatic rings. The summed E-state index contributed by atoms with van der Waals surface area (Å²) in [7, 11) is 0. The zero-order valence-electron chi connectivity index (χ0n) is 12.8. The molecule has 0 fully saturated rings. The summed E-state index contributed by atoms with van der Waals surface area (Å²) in [5.41, 5.74) is -0.327. The van der Waals surface area contributed by atoms with Gasteiger partial charge in [-0.2, -0.15) is 5.10 Å². The number of nitrogens with zero attached hydrogens (tertiary/aromatic N) is 3. The van der Waals surface area contributed by atoms with E-state index in [1.54, 1.807) is 6.92 Å². The van der Waals surface area contributed by atoms with Crippen LogP contribution >= 0.6 is 23.2 Å². The Hall–Kier alpha value is -1.96. The van der Waals surface area contributed by atoms with Crippen molar-refractivity contribution in [3.63, 3.8) is 0 Å². The van der Waals surface area contributed by atoms with E-state index in [1.807, 2.05) is 0 Å². The number of rotatable bonds is 3. The molecule has 1 unspecified atom stereocenters. The molecule has 0 spiro atoms. The maximum absolute atomic E-state index is 14.4. The van der Waals surface area contributed by atoms with E-state index in [0.29, 0.717) is 17.2 Å². The van der Waals surface area contributed by atoms with Crippen molar-refractivity contribution < 1.29 is 18.3 Å². The van der Waals surface area contributed by atoms with Crippen LogP contribution in [0.25, 0.3) is 11.4 Å². The molecule has 0 aliphatic carbocycles. The Morgan fingerprint density at radius 2 is 1.84 bits per heavy atom. The quantitative estimate of drug-likeness (QED) is 0.860. The van der Waals surface area contributed by atoms with Gasteiger partial charge in [0.2, 0.25) is 0 Å². The Kier molecular flexibility index (Phi) is 4.81. The molecule has 1 aliphatic rings. The molecule has 0 radical (unpaired) electrons. The van der Waals surface area contributed by atoms with Gasteiger partial charge in [0, 0.05) is 24.9 Å². The number of aliphatic hydroxyl groups excluding tert-OH is 1. The number of aliphatic hydroxyl groups is 1. The number of hydrogen-bond donors (Lipinski definition) is 1. The largest absolute Gasteiger partial charge is 0.368 e. The van der Waals surface area contributed by atoms with E-state index in [1.165, 1.54) is 28.1 Å². The van der Waals surface area contributed by atoms with Crippen molar-refractivity contribution in [1.29, 1.82) is 0 Å². The SMILES string of the molecule is CCN1C(c2c(F)cc(F)cc2F)=C(n2cc(Cl)cn2)C=C(Cl)C1O. The zero-order chi connectivity index (χ0) is 18.3. The maximum Gasteiger partial charge on any atom is 0.164 e. The van der Waals surface area contributed by atoms with Crippen molar-refractivity contribution in [3.05, 3.63) is 63.7 Å². The summed E-state index contributed by atoms with van der Waals surface area (Å²) in [5.74, 6) is -3.27. The monoisotopic (exact) mass is 389 g/mol. The van der Waals surface area contributed by atoms with Crippen LogP contribution in [0.4, 0.5) is 13.2 Å². The lowest BCUT2D eigenvalue weighted by atomic mass is 10.0. The Bertz CT molecular complexity index is 871. The molecule has 25 heavy (non-hydrogen) atoms. The molecule has 0 amide bonds. The molecule has 0 saturated heterocycles. The minimum Gasteiger partial charge on any atom is -0.368 e. The van der Waals surface area contributed by atoms with Crippen molar-refractivity contribution in [2.75, 3.05) is 6.54 Å². The Morgan fingerprint density at radius 1 is 1.20 bits per heavy atom. The number of halogens is 5. The lowest BCUT2D eigenvalue weighted by molar-refractivity contribution is 0.0862. The van der Waals surface area contributed by atoms with Crippen molar-refractivity contribution in [2.24, 2.45) is 0 Å². The van der Waals surface area contributed by atoms with Gasteiger partial charge in [-0.25, -0.2) is 17.9 Å². The van der Waals surface area contributed by atoms with Crippen LogP contribution in [0, 0.1) is 17.5 Å². The molecule has 1 atom stereocenters. The third kappa shape index (κ3) is 3.15. The average Bonchev–Trinajstić information content (AvgIpc) is 2.96. The van der Waals surface area contributed by atoms with Gasteiger partial charge >= 0.3 is 0 Å². The van der Waals surface area contributed by atoms with Crippen LogP contribution in [0.15, 0.2) is 35.6 Å². The lowest BCUT2D eigenvalue weighted by Gasteiger charge is -2.35. The summed E-state index contributed by atoms with van der Waals surface area (Å²) in [6.45, 7) is 1.85. The number of benzene rings is 1. The fourth-order valence-electron chi connectivity index (χ4n) is 2.67. The van der Waals surface area contributed by atoms with Crippen LogP contribution in [0.1, 0.15) is 12.5 Å². The van der Waals surface area contributed by atoms with Crippen LogP contribution < -0.4 is 0 Å². The zero-order valence-corrected chi connectivity index (χ0v) is 14.4. The van der Waals surface area contributed by atoms with Crippen molar-refractivity contribution in [3.8, 4) is 0 Å². The molecule has 1 aliphatic heterocycles. The second-order valence-electron chi connectivity index (χ2n) is 5.27.